The Balaban J connectivity index is 3.94. The number of nitrogens with zero attached hydrogens (tertiary/aromatic N) is 1. The standard InChI is InChI=1S/C7H9NO3/c1-5(2)7(9)11-6(4-8)10-3/h6H,1H2,2-3H3. The van der Waals surface area contributed by atoms with Gasteiger partial charge < -0.3 is 9.47 Å². The normalized spacial score (nSPS) is 11.4. The lowest BCUT2D eigenvalue weighted by Crippen LogP contribution is -2.18. The minimum atomic E-state index is -1.14. The molecule has 0 aliphatic rings. The number of ether oxygens (including phenoxy) is 2. The number of nitriles is 1. The molecule has 0 fully saturated rings. The molecule has 1 unspecified atom stereocenters. The van der Waals surface area contributed by atoms with Gasteiger partial charge in [0.2, 0.25) is 0 Å². The van der Waals surface area contributed by atoms with Crippen molar-refractivity contribution < 1.29 is 14.3 Å². The van der Waals surface area contributed by atoms with Crippen molar-refractivity contribution in [3.63, 3.8) is 0 Å². The van der Waals surface area contributed by atoms with Gasteiger partial charge in [0, 0.05) is 12.7 Å². The minimum absolute atomic E-state index is 0.238. The molecule has 0 heterocycles. The molecule has 0 rings (SSSR count). The van der Waals surface area contributed by atoms with Crippen molar-refractivity contribution in [1.82, 2.24) is 0 Å². The molecule has 11 heavy (non-hydrogen) atoms. The maximum absolute atomic E-state index is 10.7. The summed E-state index contributed by atoms with van der Waals surface area (Å²) in [5.41, 5.74) is 0.238. The lowest BCUT2D eigenvalue weighted by molar-refractivity contribution is -0.158. The number of hydrogen-bond acceptors (Lipinski definition) is 4. The fourth-order valence-corrected chi connectivity index (χ4v) is 0.325. The highest BCUT2D eigenvalue weighted by molar-refractivity contribution is 5.87. The Kier molecular flexibility index (Phi) is 3.93. The minimum Gasteiger partial charge on any atom is -0.418 e. The molecule has 1 atom stereocenters. The van der Waals surface area contributed by atoms with Gasteiger partial charge in [-0.05, 0) is 6.92 Å². The SMILES string of the molecule is C=C(C)C(=O)OC(C#N)OC. The van der Waals surface area contributed by atoms with Crippen LogP contribution < -0.4 is 0 Å². The van der Waals surface area contributed by atoms with E-state index in [0.717, 1.165) is 0 Å². The molecule has 0 amide bonds. The predicted molar refractivity (Wildman–Crippen MR) is 37.3 cm³/mol. The van der Waals surface area contributed by atoms with Crippen LogP contribution in [0.3, 0.4) is 0 Å². The van der Waals surface area contributed by atoms with Gasteiger partial charge in [0.1, 0.15) is 6.07 Å². The van der Waals surface area contributed by atoms with Crippen LogP contribution in [0.1, 0.15) is 6.92 Å². The number of methoxy groups -OCH3 is 1. The summed E-state index contributed by atoms with van der Waals surface area (Å²) >= 11 is 0. The van der Waals surface area contributed by atoms with Gasteiger partial charge in [0.15, 0.2) is 0 Å². The van der Waals surface area contributed by atoms with E-state index in [-0.39, 0.29) is 5.57 Å². The summed E-state index contributed by atoms with van der Waals surface area (Å²) in [6.45, 7) is 4.83. The lowest BCUT2D eigenvalue weighted by atomic mass is 10.4. The van der Waals surface area contributed by atoms with Gasteiger partial charge in [0.25, 0.3) is 6.29 Å². The van der Waals surface area contributed by atoms with Gasteiger partial charge in [0.05, 0.1) is 0 Å². The van der Waals surface area contributed by atoms with Crippen molar-refractivity contribution in [3.8, 4) is 6.07 Å². The summed E-state index contributed by atoms with van der Waals surface area (Å²) in [6, 6.07) is 1.63. The van der Waals surface area contributed by atoms with E-state index in [1.54, 1.807) is 6.07 Å². The molecule has 0 aromatic heterocycles. The molecule has 4 nitrogen and oxygen atoms in total. The quantitative estimate of drug-likeness (QED) is 0.340. The molecule has 0 aliphatic heterocycles. The maximum Gasteiger partial charge on any atom is 0.336 e. The number of esters is 1. The second kappa shape index (κ2) is 4.47. The van der Waals surface area contributed by atoms with Crippen molar-refractivity contribution in [2.45, 2.75) is 13.2 Å². The van der Waals surface area contributed by atoms with Gasteiger partial charge in [-0.25, -0.2) is 4.79 Å². The highest BCUT2D eigenvalue weighted by Gasteiger charge is 2.11. The Hall–Kier alpha value is -1.34. The first-order valence-electron chi connectivity index (χ1n) is 2.90. The largest absolute Gasteiger partial charge is 0.418 e. The highest BCUT2D eigenvalue weighted by Crippen LogP contribution is 1.97. The van der Waals surface area contributed by atoms with Crippen LogP contribution in [0.4, 0.5) is 0 Å². The van der Waals surface area contributed by atoms with Crippen LogP contribution in [-0.4, -0.2) is 19.4 Å². The molecule has 0 saturated heterocycles. The second-order valence-corrected chi connectivity index (χ2v) is 1.88. The molecule has 0 saturated carbocycles. The Morgan fingerprint density at radius 2 is 2.27 bits per heavy atom. The summed E-state index contributed by atoms with van der Waals surface area (Å²) < 4.78 is 8.96. The fourth-order valence-electron chi connectivity index (χ4n) is 0.325. The number of hydrogen-bond donors (Lipinski definition) is 0. The second-order valence-electron chi connectivity index (χ2n) is 1.88. The number of carbonyl (C=O) groups is 1. The number of carbonyl (C=O) groups excluding carboxylic acids is 1. The van der Waals surface area contributed by atoms with Crippen molar-refractivity contribution >= 4 is 5.97 Å². The molecule has 0 bridgehead atoms. The average Bonchev–Trinajstić information content (AvgIpc) is 1.99. The summed E-state index contributed by atoms with van der Waals surface area (Å²) in [6.07, 6.45) is -1.14. The monoisotopic (exact) mass is 155 g/mol. The maximum atomic E-state index is 10.7. The van der Waals surface area contributed by atoms with Crippen LogP contribution in [0.25, 0.3) is 0 Å². The topological polar surface area (TPSA) is 59.3 Å². The first-order valence-corrected chi connectivity index (χ1v) is 2.90. The third kappa shape index (κ3) is 3.38. The zero-order valence-corrected chi connectivity index (χ0v) is 6.46. The van der Waals surface area contributed by atoms with Gasteiger partial charge in [-0.15, -0.1) is 0 Å². The van der Waals surface area contributed by atoms with Crippen molar-refractivity contribution in [2.75, 3.05) is 7.11 Å². The Labute approximate surface area is 65.0 Å². The molecule has 0 N–H and O–H groups in total. The van der Waals surface area contributed by atoms with Crippen LogP contribution in [0, 0.1) is 11.3 Å². The summed E-state index contributed by atoms with van der Waals surface area (Å²) in [5, 5.41) is 8.27. The van der Waals surface area contributed by atoms with E-state index in [4.69, 9.17) is 5.26 Å². The third-order valence-corrected chi connectivity index (χ3v) is 0.882. The van der Waals surface area contributed by atoms with Crippen LogP contribution in [0.15, 0.2) is 12.2 Å². The van der Waals surface area contributed by atoms with Gasteiger partial charge in [-0.3, -0.25) is 0 Å². The smallest absolute Gasteiger partial charge is 0.336 e. The molecule has 4 heteroatoms. The van der Waals surface area contributed by atoms with Crippen LogP contribution in [0.5, 0.6) is 0 Å². The van der Waals surface area contributed by atoms with E-state index >= 15 is 0 Å². The van der Waals surface area contributed by atoms with Crippen molar-refractivity contribution in [2.24, 2.45) is 0 Å². The molecule has 0 aromatic rings. The Morgan fingerprint density at radius 3 is 2.55 bits per heavy atom. The van der Waals surface area contributed by atoms with E-state index in [0.29, 0.717) is 0 Å². The predicted octanol–water partition coefficient (Wildman–Crippen LogP) is 0.602. The Morgan fingerprint density at radius 1 is 1.73 bits per heavy atom. The molecule has 0 aromatic carbocycles. The fraction of sp³-hybridized carbons (Fsp3) is 0.429. The summed E-state index contributed by atoms with van der Waals surface area (Å²) in [7, 11) is 1.28. The van der Waals surface area contributed by atoms with E-state index in [1.165, 1.54) is 14.0 Å². The molecular weight excluding hydrogens is 146 g/mol. The van der Waals surface area contributed by atoms with E-state index in [9.17, 15) is 4.79 Å². The molecule has 0 spiro atoms. The molecule has 0 radical (unpaired) electrons. The summed E-state index contributed by atoms with van der Waals surface area (Å²) in [5.74, 6) is -0.626. The van der Waals surface area contributed by atoms with E-state index < -0.39 is 12.3 Å². The zero-order chi connectivity index (χ0) is 8.85. The Bertz CT molecular complexity index is 204. The lowest BCUT2D eigenvalue weighted by Gasteiger charge is -2.07. The van der Waals surface area contributed by atoms with Crippen molar-refractivity contribution in [1.29, 1.82) is 5.26 Å². The van der Waals surface area contributed by atoms with Crippen LogP contribution in [-0.2, 0) is 14.3 Å². The first-order chi connectivity index (χ1) is 5.11. The van der Waals surface area contributed by atoms with Crippen LogP contribution >= 0.6 is 0 Å². The van der Waals surface area contributed by atoms with Crippen LogP contribution in [0.2, 0.25) is 0 Å². The number of rotatable bonds is 3. The third-order valence-electron chi connectivity index (χ3n) is 0.882. The van der Waals surface area contributed by atoms with Crippen molar-refractivity contribution in [3.05, 3.63) is 12.2 Å². The highest BCUT2D eigenvalue weighted by atomic mass is 16.7. The zero-order valence-electron chi connectivity index (χ0n) is 6.46. The molecule has 0 aliphatic carbocycles. The average molecular weight is 155 g/mol. The van der Waals surface area contributed by atoms with E-state index in [2.05, 4.69) is 16.1 Å². The van der Waals surface area contributed by atoms with Gasteiger partial charge in [-0.2, -0.15) is 5.26 Å². The van der Waals surface area contributed by atoms with E-state index in [1.807, 2.05) is 0 Å². The molecular formula is C7H9NO3. The van der Waals surface area contributed by atoms with Gasteiger partial charge >= 0.3 is 5.97 Å². The molecule has 60 valence electrons. The van der Waals surface area contributed by atoms with Gasteiger partial charge in [-0.1, -0.05) is 6.58 Å². The summed E-state index contributed by atoms with van der Waals surface area (Å²) in [4.78, 5) is 10.7. The first kappa shape index (κ1) is 9.66.